The van der Waals surface area contributed by atoms with E-state index in [0.717, 1.165) is 89.9 Å². The Morgan fingerprint density at radius 3 is 1.61 bits per heavy atom. The molecule has 0 aromatic carbocycles. The maximum Gasteiger partial charge on any atom is 0.472 e. The van der Waals surface area contributed by atoms with E-state index >= 15 is 0 Å². The lowest BCUT2D eigenvalue weighted by Gasteiger charge is -2.43. The molecule has 7 unspecified atom stereocenters. The lowest BCUT2D eigenvalue weighted by molar-refractivity contribution is -0.216. The van der Waals surface area contributed by atoms with Crippen LogP contribution in [0.4, 0.5) is 0 Å². The number of hydrogen-bond donors (Lipinski definition) is 7. The first-order valence-electron chi connectivity index (χ1n) is 25.3. The average Bonchev–Trinajstić information content (AvgIpc) is 4.07. The summed E-state index contributed by atoms with van der Waals surface area (Å²) in [6.07, 6.45) is 34.0. The highest BCUT2D eigenvalue weighted by molar-refractivity contribution is 7.47. The molecule has 1 saturated carbocycles. The van der Waals surface area contributed by atoms with Crippen molar-refractivity contribution >= 4 is 27.6 Å². The average molecular weight is 1030 g/mol. The van der Waals surface area contributed by atoms with E-state index in [4.69, 9.17) is 23.3 Å². The Balaban J connectivity index is 1.81. The summed E-state index contributed by atoms with van der Waals surface area (Å²) in [4.78, 5) is 54.5. The monoisotopic (exact) mass is 1030 g/mol. The van der Waals surface area contributed by atoms with Gasteiger partial charge in [0.2, 0.25) is 0 Å². The van der Waals surface area contributed by atoms with Crippen LogP contribution in [0.3, 0.4) is 0 Å². The van der Waals surface area contributed by atoms with Gasteiger partial charge >= 0.3 is 27.6 Å². The number of aliphatic hydroxyl groups excluding tert-OH is 4. The predicted molar refractivity (Wildman–Crippen MR) is 268 cm³/mol. The molecule has 0 amide bonds. The van der Waals surface area contributed by atoms with Crippen molar-refractivity contribution in [2.75, 3.05) is 13.2 Å². The standard InChI is InChI=1S/C51H84O17P2/c1-3-5-7-9-11-13-15-17-18-19-20-21-22-23-25-27-29-31-33-37-45(53)65-41(40-64-70(61,62)68-51-48(56)46(54)47(55)50(49(51)57)67-69(58,59)60)39-63-44(52)38-34-36-43-42(66-43)35-32-30-28-26-24-16-14-12-10-8-6-4-2/h5,7,11-14,17-18,20-21,24,26,30,32,41-43,46-51,54-57H,3-4,6,8-10,15-16,19,22-23,25,27-29,31,33-40H2,1-2H3,(H,61,62)(H2,58,59,60)/b7-5-,13-11-,14-12-,18-17-,21-20-,26-24-,32-30-/t41-,42?,43?,46?,47?,48?,49?,50-,51+/m1/s1. The second kappa shape index (κ2) is 37.8. The molecule has 1 heterocycles. The zero-order chi connectivity index (χ0) is 51.5. The molecule has 2 fully saturated rings. The summed E-state index contributed by atoms with van der Waals surface area (Å²) in [6.45, 7) is 2.89. The second-order valence-corrected chi connectivity index (χ2v) is 20.1. The van der Waals surface area contributed by atoms with Crippen molar-refractivity contribution in [2.24, 2.45) is 0 Å². The van der Waals surface area contributed by atoms with Crippen LogP contribution in [0.25, 0.3) is 0 Å². The van der Waals surface area contributed by atoms with Gasteiger partial charge in [0.05, 0.1) is 18.8 Å². The van der Waals surface area contributed by atoms with Gasteiger partial charge in [-0.1, -0.05) is 137 Å². The van der Waals surface area contributed by atoms with E-state index in [-0.39, 0.29) is 25.0 Å². The fraction of sp³-hybridized carbons (Fsp3) is 0.686. The van der Waals surface area contributed by atoms with Crippen molar-refractivity contribution in [1.29, 1.82) is 0 Å². The molecule has 1 aliphatic carbocycles. The molecule has 1 saturated heterocycles. The van der Waals surface area contributed by atoms with E-state index in [1.807, 2.05) is 0 Å². The Morgan fingerprint density at radius 1 is 0.543 bits per heavy atom. The largest absolute Gasteiger partial charge is 0.472 e. The molecule has 2 aliphatic rings. The van der Waals surface area contributed by atoms with E-state index in [1.54, 1.807) is 0 Å². The van der Waals surface area contributed by atoms with Crippen molar-refractivity contribution in [3.8, 4) is 0 Å². The minimum absolute atomic E-state index is 0.00656. The molecule has 19 heteroatoms. The molecule has 7 N–H and O–H groups in total. The third kappa shape index (κ3) is 30.9. The number of epoxide rings is 1. The van der Waals surface area contributed by atoms with E-state index in [9.17, 15) is 53.8 Å². The van der Waals surface area contributed by atoms with E-state index in [1.165, 1.54) is 19.3 Å². The van der Waals surface area contributed by atoms with Crippen molar-refractivity contribution in [3.63, 3.8) is 0 Å². The highest BCUT2D eigenvalue weighted by Crippen LogP contribution is 2.49. The number of phosphoric acid groups is 2. The van der Waals surface area contributed by atoms with Crippen molar-refractivity contribution < 1.29 is 81.6 Å². The number of carbonyl (C=O) groups is 2. The molecule has 400 valence electrons. The Morgan fingerprint density at radius 2 is 1.04 bits per heavy atom. The van der Waals surface area contributed by atoms with Gasteiger partial charge in [0.15, 0.2) is 6.10 Å². The van der Waals surface area contributed by atoms with Gasteiger partial charge in [-0.3, -0.25) is 23.2 Å². The molecule has 0 bridgehead atoms. The van der Waals surface area contributed by atoms with Gasteiger partial charge < -0.3 is 49.3 Å². The van der Waals surface area contributed by atoms with E-state index in [0.29, 0.717) is 19.3 Å². The Bertz CT molecular complexity index is 1740. The molecule has 2 rings (SSSR count). The highest BCUT2D eigenvalue weighted by Gasteiger charge is 2.54. The van der Waals surface area contributed by atoms with E-state index < -0.39 is 83.5 Å². The van der Waals surface area contributed by atoms with Gasteiger partial charge in [0, 0.05) is 12.8 Å². The minimum Gasteiger partial charge on any atom is -0.462 e. The Hall–Kier alpha value is -2.86. The molecule has 70 heavy (non-hydrogen) atoms. The number of unbranched alkanes of at least 4 members (excludes halogenated alkanes) is 9. The quantitative estimate of drug-likeness (QED) is 0.00991. The minimum atomic E-state index is -5.38. The molecular weight excluding hydrogens is 946 g/mol. The van der Waals surface area contributed by atoms with Crippen LogP contribution >= 0.6 is 15.6 Å². The Labute approximate surface area is 416 Å². The van der Waals surface area contributed by atoms with Crippen molar-refractivity contribution in [2.45, 2.75) is 210 Å². The van der Waals surface area contributed by atoms with Crippen LogP contribution in [0.1, 0.15) is 155 Å². The van der Waals surface area contributed by atoms with Crippen LogP contribution in [-0.4, -0.2) is 115 Å². The molecule has 17 nitrogen and oxygen atoms in total. The number of allylic oxidation sites excluding steroid dienone is 13. The summed E-state index contributed by atoms with van der Waals surface area (Å²) >= 11 is 0. The molecule has 0 aromatic rings. The molecule has 0 aromatic heterocycles. The second-order valence-electron chi connectivity index (χ2n) is 17.5. The van der Waals surface area contributed by atoms with Crippen LogP contribution in [-0.2, 0) is 46.5 Å². The number of hydrogen-bond acceptors (Lipinski definition) is 14. The molecule has 0 spiro atoms. The summed E-state index contributed by atoms with van der Waals surface area (Å²) in [5.41, 5.74) is 0. The number of phosphoric ester groups is 2. The van der Waals surface area contributed by atoms with E-state index in [2.05, 4.69) is 103 Å². The summed E-state index contributed by atoms with van der Waals surface area (Å²) in [7, 11) is -10.7. The summed E-state index contributed by atoms with van der Waals surface area (Å²) in [6, 6.07) is 0. The topological polar surface area (TPSA) is 269 Å². The first kappa shape index (κ1) is 63.3. The van der Waals surface area contributed by atoms with Crippen LogP contribution < -0.4 is 0 Å². The van der Waals surface area contributed by atoms with Crippen molar-refractivity contribution in [3.05, 3.63) is 85.1 Å². The van der Waals surface area contributed by atoms with Crippen LogP contribution in [0, 0.1) is 0 Å². The number of esters is 2. The maximum absolute atomic E-state index is 13.0. The summed E-state index contributed by atoms with van der Waals surface area (Å²) in [5, 5.41) is 41.3. The maximum atomic E-state index is 13.0. The van der Waals surface area contributed by atoms with Crippen LogP contribution in [0.15, 0.2) is 85.1 Å². The van der Waals surface area contributed by atoms with Gasteiger partial charge in [-0.2, -0.15) is 0 Å². The smallest absolute Gasteiger partial charge is 0.462 e. The van der Waals surface area contributed by atoms with Gasteiger partial charge in [-0.15, -0.1) is 0 Å². The molecule has 0 radical (unpaired) electrons. The number of aliphatic hydroxyl groups is 4. The summed E-state index contributed by atoms with van der Waals surface area (Å²) in [5.74, 6) is -1.30. The molecule has 1 aliphatic heterocycles. The first-order valence-corrected chi connectivity index (χ1v) is 28.3. The summed E-state index contributed by atoms with van der Waals surface area (Å²) < 4.78 is 55.2. The normalized spacial score (nSPS) is 24.6. The first-order chi connectivity index (χ1) is 33.6. The Kier molecular flexibility index (Phi) is 34.2. The van der Waals surface area contributed by atoms with Gasteiger partial charge in [0.25, 0.3) is 0 Å². The van der Waals surface area contributed by atoms with Crippen molar-refractivity contribution in [1.82, 2.24) is 0 Å². The fourth-order valence-corrected chi connectivity index (χ4v) is 8.94. The lowest BCUT2D eigenvalue weighted by Crippen LogP contribution is -2.64. The number of carbonyl (C=O) groups excluding carboxylic acids is 2. The molecule has 10 atom stereocenters. The fourth-order valence-electron chi connectivity index (χ4n) is 7.40. The number of rotatable bonds is 40. The predicted octanol–water partition coefficient (Wildman–Crippen LogP) is 9.16. The van der Waals surface area contributed by atoms with Crippen LogP contribution in [0.2, 0.25) is 0 Å². The third-order valence-electron chi connectivity index (χ3n) is 11.4. The van der Waals surface area contributed by atoms with Gasteiger partial charge in [-0.25, -0.2) is 9.13 Å². The van der Waals surface area contributed by atoms with Gasteiger partial charge in [-0.05, 0) is 89.9 Å². The number of ether oxygens (including phenoxy) is 3. The van der Waals surface area contributed by atoms with Crippen LogP contribution in [0.5, 0.6) is 0 Å². The lowest BCUT2D eigenvalue weighted by atomic mass is 9.85. The SMILES string of the molecule is CC/C=C\C/C=C\C/C=C\C/C=C\CCCCCCCCC(=O)O[C@H](COC(=O)CCCC1OC1C/C=C\C/C=C\C/C=C\CCCCC)COP(=O)(O)O[C@H]1C(O)C(O)C(O)[C@@H](OP(=O)(O)O)C1O. The zero-order valence-corrected chi connectivity index (χ0v) is 43.1. The van der Waals surface area contributed by atoms with Gasteiger partial charge in [0.1, 0.15) is 43.2 Å². The zero-order valence-electron chi connectivity index (χ0n) is 41.4. The molecular formula is C51H84O17P2. The highest BCUT2D eigenvalue weighted by atomic mass is 31.2. The third-order valence-corrected chi connectivity index (χ3v) is 12.9.